The zero-order valence-electron chi connectivity index (χ0n) is 18.3. The molecule has 0 spiro atoms. The summed E-state index contributed by atoms with van der Waals surface area (Å²) < 4.78 is 11.1. The zero-order valence-corrected chi connectivity index (χ0v) is 18.3. The van der Waals surface area contributed by atoms with Crippen molar-refractivity contribution in [1.29, 1.82) is 0 Å². The van der Waals surface area contributed by atoms with Gasteiger partial charge in [0.05, 0.1) is 19.1 Å². The topological polar surface area (TPSA) is 76.1 Å². The van der Waals surface area contributed by atoms with Crippen molar-refractivity contribution in [3.8, 4) is 16.9 Å². The van der Waals surface area contributed by atoms with Crippen LogP contribution in [0.4, 0.5) is 4.79 Å². The number of nitrogens with zero attached hydrogens (tertiary/aromatic N) is 1. The molecule has 5 rings (SSSR count). The standard InChI is InChI=1S/C27H25NO5/c1-32-18-8-6-7-17(15-18)25-23(26(29)30)13-14-28(25)27(31)33-16-24-21-11-4-2-9-19(21)20-10-3-5-12-22(20)24/h2-12,15,23-25H,13-14,16H2,1H3,(H,29,30)/t23-,25-/m1/s1. The summed E-state index contributed by atoms with van der Waals surface area (Å²) in [5.41, 5.74) is 5.33. The minimum absolute atomic E-state index is 0.0468. The van der Waals surface area contributed by atoms with Crippen molar-refractivity contribution in [2.24, 2.45) is 5.92 Å². The first kappa shape index (κ1) is 21.1. The lowest BCUT2D eigenvalue weighted by atomic mass is 9.94. The average molecular weight is 443 g/mol. The number of hydrogen-bond acceptors (Lipinski definition) is 4. The molecule has 3 aromatic carbocycles. The van der Waals surface area contributed by atoms with Gasteiger partial charge in [-0.25, -0.2) is 4.79 Å². The first-order chi connectivity index (χ1) is 16.1. The van der Waals surface area contributed by atoms with Crippen molar-refractivity contribution in [2.45, 2.75) is 18.4 Å². The lowest BCUT2D eigenvalue weighted by molar-refractivity contribution is -0.142. The summed E-state index contributed by atoms with van der Waals surface area (Å²) in [5.74, 6) is -1.04. The molecule has 1 aliphatic carbocycles. The van der Waals surface area contributed by atoms with E-state index < -0.39 is 24.0 Å². The third kappa shape index (κ3) is 3.71. The van der Waals surface area contributed by atoms with Crippen LogP contribution in [0.5, 0.6) is 5.75 Å². The van der Waals surface area contributed by atoms with E-state index in [2.05, 4.69) is 24.3 Å². The number of aliphatic carboxylic acids is 1. The van der Waals surface area contributed by atoms with E-state index >= 15 is 0 Å². The average Bonchev–Trinajstić information content (AvgIpc) is 3.43. The molecule has 1 amide bonds. The molecule has 168 valence electrons. The highest BCUT2D eigenvalue weighted by Gasteiger charge is 2.43. The van der Waals surface area contributed by atoms with E-state index in [0.29, 0.717) is 18.7 Å². The molecule has 6 heteroatoms. The molecule has 2 atom stereocenters. The first-order valence-corrected chi connectivity index (χ1v) is 11.1. The number of rotatable bonds is 5. The van der Waals surface area contributed by atoms with E-state index in [1.54, 1.807) is 30.2 Å². The molecule has 0 aromatic heterocycles. The van der Waals surface area contributed by atoms with Gasteiger partial charge >= 0.3 is 12.1 Å². The summed E-state index contributed by atoms with van der Waals surface area (Å²) in [5, 5.41) is 9.78. The molecule has 1 N–H and O–H groups in total. The maximum absolute atomic E-state index is 13.2. The predicted octanol–water partition coefficient (Wildman–Crippen LogP) is 5.09. The number of hydrogen-bond donors (Lipinski definition) is 1. The smallest absolute Gasteiger partial charge is 0.410 e. The van der Waals surface area contributed by atoms with Gasteiger partial charge in [-0.3, -0.25) is 4.79 Å². The monoisotopic (exact) mass is 443 g/mol. The van der Waals surface area contributed by atoms with Crippen LogP contribution in [0.15, 0.2) is 72.8 Å². The van der Waals surface area contributed by atoms with E-state index in [0.717, 1.165) is 27.8 Å². The molecule has 2 aliphatic rings. The lowest BCUT2D eigenvalue weighted by Gasteiger charge is -2.27. The number of carbonyl (C=O) groups excluding carboxylic acids is 1. The molecule has 0 saturated carbocycles. The van der Waals surface area contributed by atoms with Gasteiger partial charge in [-0.2, -0.15) is 0 Å². The van der Waals surface area contributed by atoms with Gasteiger partial charge in [0.2, 0.25) is 0 Å². The molecule has 6 nitrogen and oxygen atoms in total. The van der Waals surface area contributed by atoms with Crippen LogP contribution in [0.2, 0.25) is 0 Å². The summed E-state index contributed by atoms with van der Waals surface area (Å²) in [6, 6.07) is 23.0. The summed E-state index contributed by atoms with van der Waals surface area (Å²) in [7, 11) is 1.56. The van der Waals surface area contributed by atoms with Crippen molar-refractivity contribution < 1.29 is 24.2 Å². The van der Waals surface area contributed by atoms with Crippen LogP contribution in [0.25, 0.3) is 11.1 Å². The molecular formula is C27H25NO5. The number of carbonyl (C=O) groups is 2. The van der Waals surface area contributed by atoms with Gasteiger partial charge in [-0.1, -0.05) is 60.7 Å². The maximum Gasteiger partial charge on any atom is 0.410 e. The Hall–Kier alpha value is -3.80. The van der Waals surface area contributed by atoms with Gasteiger partial charge in [0.25, 0.3) is 0 Å². The van der Waals surface area contributed by atoms with Gasteiger partial charge in [0.15, 0.2) is 0 Å². The van der Waals surface area contributed by atoms with Crippen molar-refractivity contribution in [3.05, 3.63) is 89.5 Å². The minimum atomic E-state index is -0.920. The van der Waals surface area contributed by atoms with Crippen LogP contribution < -0.4 is 4.74 Å². The number of amides is 1. The molecule has 1 aliphatic heterocycles. The molecule has 3 aromatic rings. The maximum atomic E-state index is 13.2. The molecule has 0 unspecified atom stereocenters. The summed E-state index contributed by atoms with van der Waals surface area (Å²) in [6.45, 7) is 0.529. The Kier molecular flexibility index (Phi) is 5.50. The highest BCUT2D eigenvalue weighted by atomic mass is 16.6. The van der Waals surface area contributed by atoms with E-state index in [4.69, 9.17) is 9.47 Å². The normalized spacial score (nSPS) is 19.1. The van der Waals surface area contributed by atoms with Crippen LogP contribution in [0.1, 0.15) is 35.1 Å². The fourth-order valence-electron chi connectivity index (χ4n) is 5.17. The Morgan fingerprint density at radius 1 is 0.970 bits per heavy atom. The van der Waals surface area contributed by atoms with Crippen LogP contribution in [0, 0.1) is 5.92 Å². The second-order valence-corrected chi connectivity index (χ2v) is 8.45. The van der Waals surface area contributed by atoms with E-state index in [-0.39, 0.29) is 12.5 Å². The number of ether oxygens (including phenoxy) is 2. The van der Waals surface area contributed by atoms with E-state index in [9.17, 15) is 14.7 Å². The van der Waals surface area contributed by atoms with Crippen molar-refractivity contribution in [2.75, 3.05) is 20.3 Å². The van der Waals surface area contributed by atoms with Gasteiger partial charge in [0.1, 0.15) is 12.4 Å². The SMILES string of the molecule is COc1cccc([C@@H]2[C@H](C(=O)O)CCN2C(=O)OCC2c3ccccc3-c3ccccc32)c1. The number of methoxy groups -OCH3 is 1. The molecule has 0 bridgehead atoms. The Labute approximate surface area is 192 Å². The molecule has 33 heavy (non-hydrogen) atoms. The third-order valence-corrected chi connectivity index (χ3v) is 6.72. The molecule has 1 saturated heterocycles. The lowest BCUT2D eigenvalue weighted by Crippen LogP contribution is -2.34. The van der Waals surface area contributed by atoms with Crippen LogP contribution in [-0.4, -0.2) is 42.3 Å². The zero-order chi connectivity index (χ0) is 22.9. The Morgan fingerprint density at radius 2 is 1.64 bits per heavy atom. The summed E-state index contributed by atoms with van der Waals surface area (Å²) in [6.07, 6.45) is -0.116. The number of carboxylic acids is 1. The highest BCUT2D eigenvalue weighted by molar-refractivity contribution is 5.79. The van der Waals surface area contributed by atoms with Gasteiger partial charge in [0, 0.05) is 12.5 Å². The van der Waals surface area contributed by atoms with Crippen molar-refractivity contribution in [3.63, 3.8) is 0 Å². The van der Waals surface area contributed by atoms with Gasteiger partial charge in [-0.05, 0) is 46.4 Å². The van der Waals surface area contributed by atoms with Crippen LogP contribution >= 0.6 is 0 Å². The fourth-order valence-corrected chi connectivity index (χ4v) is 5.17. The number of carboxylic acid groups (broad SMARTS) is 1. The largest absolute Gasteiger partial charge is 0.497 e. The van der Waals surface area contributed by atoms with Crippen molar-refractivity contribution >= 4 is 12.1 Å². The Bertz CT molecular complexity index is 1160. The predicted molar refractivity (Wildman–Crippen MR) is 123 cm³/mol. The summed E-state index contributed by atoms with van der Waals surface area (Å²) >= 11 is 0. The van der Waals surface area contributed by atoms with E-state index in [1.807, 2.05) is 30.3 Å². The Balaban J connectivity index is 1.39. The van der Waals surface area contributed by atoms with E-state index in [1.165, 1.54) is 0 Å². The van der Waals surface area contributed by atoms with Gasteiger partial charge < -0.3 is 19.5 Å². The van der Waals surface area contributed by atoms with Crippen LogP contribution in [0.3, 0.4) is 0 Å². The molecule has 0 radical (unpaired) electrons. The van der Waals surface area contributed by atoms with Crippen LogP contribution in [-0.2, 0) is 9.53 Å². The number of fused-ring (bicyclic) bond motifs is 3. The summed E-state index contributed by atoms with van der Waals surface area (Å²) in [4.78, 5) is 26.7. The molecule has 1 heterocycles. The number of likely N-dealkylation sites (tertiary alicyclic amines) is 1. The third-order valence-electron chi connectivity index (χ3n) is 6.72. The Morgan fingerprint density at radius 3 is 2.27 bits per heavy atom. The van der Waals surface area contributed by atoms with Crippen molar-refractivity contribution in [1.82, 2.24) is 4.90 Å². The second kappa shape index (κ2) is 8.62. The second-order valence-electron chi connectivity index (χ2n) is 8.45. The minimum Gasteiger partial charge on any atom is -0.497 e. The first-order valence-electron chi connectivity index (χ1n) is 11.1. The number of benzene rings is 3. The molecule has 1 fully saturated rings. The highest BCUT2D eigenvalue weighted by Crippen LogP contribution is 2.45. The quantitative estimate of drug-likeness (QED) is 0.594. The van der Waals surface area contributed by atoms with Gasteiger partial charge in [-0.15, -0.1) is 0 Å². The molecular weight excluding hydrogens is 418 g/mol. The fraction of sp³-hybridized carbons (Fsp3) is 0.259.